The Morgan fingerprint density at radius 1 is 1.00 bits per heavy atom. The van der Waals surface area contributed by atoms with Gasteiger partial charge in [-0.1, -0.05) is 38.1 Å². The Balaban J connectivity index is 2.05. The maximum atomic E-state index is 12.6. The van der Waals surface area contributed by atoms with E-state index in [4.69, 9.17) is 0 Å². The Hall–Kier alpha value is -2.20. The molecule has 4 nitrogen and oxygen atoms in total. The van der Waals surface area contributed by atoms with Crippen LogP contribution in [0.5, 0.6) is 0 Å². The molecule has 0 fully saturated rings. The Kier molecular flexibility index (Phi) is 3.71. The Morgan fingerprint density at radius 3 is 1.91 bits per heavy atom. The van der Waals surface area contributed by atoms with Gasteiger partial charge in [0.1, 0.15) is 0 Å². The second-order valence-corrected chi connectivity index (χ2v) is 6.19. The van der Waals surface area contributed by atoms with Gasteiger partial charge in [0.15, 0.2) is 0 Å². The second-order valence-electron chi connectivity index (χ2n) is 6.19. The number of benzene rings is 2. The van der Waals surface area contributed by atoms with Crippen molar-refractivity contribution in [2.75, 3.05) is 6.61 Å². The minimum absolute atomic E-state index is 0.205. The third-order valence-corrected chi connectivity index (χ3v) is 4.10. The van der Waals surface area contributed by atoms with Crippen LogP contribution in [-0.2, 0) is 0 Å². The van der Waals surface area contributed by atoms with Crippen LogP contribution in [0.3, 0.4) is 0 Å². The summed E-state index contributed by atoms with van der Waals surface area (Å²) in [6.45, 7) is 3.81. The monoisotopic (exact) mass is 297 g/mol. The first kappa shape index (κ1) is 14.7. The van der Waals surface area contributed by atoms with Gasteiger partial charge in [0.05, 0.1) is 23.8 Å². The predicted octanol–water partition coefficient (Wildman–Crippen LogP) is 2.84. The molecule has 22 heavy (non-hydrogen) atoms. The van der Waals surface area contributed by atoms with Crippen molar-refractivity contribution < 1.29 is 14.7 Å². The van der Waals surface area contributed by atoms with E-state index in [1.807, 2.05) is 38.1 Å². The second kappa shape index (κ2) is 5.54. The van der Waals surface area contributed by atoms with Crippen LogP contribution in [0.25, 0.3) is 10.8 Å². The zero-order valence-electron chi connectivity index (χ0n) is 12.7. The van der Waals surface area contributed by atoms with Crippen LogP contribution >= 0.6 is 0 Å². The van der Waals surface area contributed by atoms with E-state index in [2.05, 4.69) is 0 Å². The van der Waals surface area contributed by atoms with E-state index in [9.17, 15) is 14.7 Å². The van der Waals surface area contributed by atoms with E-state index in [0.29, 0.717) is 23.5 Å². The molecule has 1 aliphatic rings. The van der Waals surface area contributed by atoms with Crippen molar-refractivity contribution >= 4 is 22.6 Å². The number of carbonyl (C=O) groups is 2. The molecule has 0 aromatic heterocycles. The van der Waals surface area contributed by atoms with Crippen LogP contribution in [0.4, 0.5) is 0 Å². The van der Waals surface area contributed by atoms with Crippen molar-refractivity contribution in [2.45, 2.75) is 26.3 Å². The minimum atomic E-state index is -0.462. The number of rotatable bonds is 4. The van der Waals surface area contributed by atoms with Gasteiger partial charge in [-0.2, -0.15) is 0 Å². The third-order valence-electron chi connectivity index (χ3n) is 4.10. The van der Waals surface area contributed by atoms with Gasteiger partial charge in [0.2, 0.25) is 0 Å². The number of imide groups is 1. The van der Waals surface area contributed by atoms with Crippen LogP contribution in [-0.4, -0.2) is 34.5 Å². The normalized spacial score (nSPS) is 15.7. The number of carbonyl (C=O) groups excluding carboxylic acids is 2. The molecule has 0 radical (unpaired) electrons. The molecule has 0 saturated heterocycles. The fraction of sp³-hybridized carbons (Fsp3) is 0.333. The van der Waals surface area contributed by atoms with Crippen molar-refractivity contribution in [3.05, 3.63) is 47.5 Å². The first-order chi connectivity index (χ1) is 10.5. The van der Waals surface area contributed by atoms with Crippen LogP contribution in [0.2, 0.25) is 0 Å². The molecule has 4 heteroatoms. The van der Waals surface area contributed by atoms with E-state index in [1.165, 1.54) is 4.90 Å². The summed E-state index contributed by atoms with van der Waals surface area (Å²) in [5, 5.41) is 11.5. The summed E-state index contributed by atoms with van der Waals surface area (Å²) in [4.78, 5) is 26.5. The van der Waals surface area contributed by atoms with E-state index >= 15 is 0 Å². The molecule has 0 saturated carbocycles. The van der Waals surface area contributed by atoms with E-state index in [1.54, 1.807) is 12.1 Å². The summed E-state index contributed by atoms with van der Waals surface area (Å²) in [6.07, 6.45) is 0.599. The lowest BCUT2D eigenvalue weighted by Gasteiger charge is -2.25. The largest absolute Gasteiger partial charge is 0.394 e. The molecule has 2 amide bonds. The van der Waals surface area contributed by atoms with Crippen molar-refractivity contribution in [1.29, 1.82) is 0 Å². The summed E-state index contributed by atoms with van der Waals surface area (Å²) in [6, 6.07) is 10.7. The Bertz CT molecular complexity index is 697. The highest BCUT2D eigenvalue weighted by molar-refractivity contribution is 6.23. The van der Waals surface area contributed by atoms with Gasteiger partial charge in [0.25, 0.3) is 11.8 Å². The molecule has 0 unspecified atom stereocenters. The average molecular weight is 297 g/mol. The van der Waals surface area contributed by atoms with Crippen LogP contribution in [0, 0.1) is 5.92 Å². The van der Waals surface area contributed by atoms with Gasteiger partial charge < -0.3 is 5.11 Å². The summed E-state index contributed by atoms with van der Waals surface area (Å²) < 4.78 is 0. The van der Waals surface area contributed by atoms with Gasteiger partial charge in [-0.05, 0) is 35.2 Å². The lowest BCUT2D eigenvalue weighted by atomic mass is 10.0. The van der Waals surface area contributed by atoms with Gasteiger partial charge in [-0.25, -0.2) is 0 Å². The van der Waals surface area contributed by atoms with Crippen molar-refractivity contribution in [1.82, 2.24) is 4.90 Å². The van der Waals surface area contributed by atoms with E-state index < -0.39 is 6.04 Å². The SMILES string of the molecule is CC(C)C[C@H](CO)N1C(=O)c2cc3ccccc3cc2C1=O. The van der Waals surface area contributed by atoms with E-state index in [0.717, 1.165) is 10.8 Å². The van der Waals surface area contributed by atoms with Crippen LogP contribution in [0.15, 0.2) is 36.4 Å². The highest BCUT2D eigenvalue weighted by Gasteiger charge is 2.40. The summed E-state index contributed by atoms with van der Waals surface area (Å²) in [5.74, 6) is -0.309. The Labute approximate surface area is 129 Å². The van der Waals surface area contributed by atoms with Crippen LogP contribution in [0.1, 0.15) is 41.0 Å². The van der Waals surface area contributed by atoms with Gasteiger partial charge in [0, 0.05) is 0 Å². The zero-order valence-corrected chi connectivity index (χ0v) is 12.7. The number of aliphatic hydroxyl groups excluding tert-OH is 1. The smallest absolute Gasteiger partial charge is 0.261 e. The topological polar surface area (TPSA) is 57.6 Å². The molecule has 1 aliphatic heterocycles. The summed E-state index contributed by atoms with van der Waals surface area (Å²) >= 11 is 0. The predicted molar refractivity (Wildman–Crippen MR) is 84.8 cm³/mol. The molecule has 1 atom stereocenters. The van der Waals surface area contributed by atoms with Gasteiger partial charge in [-0.3, -0.25) is 14.5 Å². The molecule has 2 aromatic carbocycles. The zero-order chi connectivity index (χ0) is 15.9. The third kappa shape index (κ3) is 2.29. The van der Waals surface area contributed by atoms with Crippen molar-refractivity contribution in [2.24, 2.45) is 5.92 Å². The maximum Gasteiger partial charge on any atom is 0.261 e. The number of nitrogens with zero attached hydrogens (tertiary/aromatic N) is 1. The van der Waals surface area contributed by atoms with Gasteiger partial charge >= 0.3 is 0 Å². The highest BCUT2D eigenvalue weighted by Crippen LogP contribution is 2.30. The molecule has 2 aromatic rings. The molecular weight excluding hydrogens is 278 g/mol. The minimum Gasteiger partial charge on any atom is -0.394 e. The molecule has 114 valence electrons. The lowest BCUT2D eigenvalue weighted by Crippen LogP contribution is -2.42. The Morgan fingerprint density at radius 2 is 1.50 bits per heavy atom. The van der Waals surface area contributed by atoms with E-state index in [-0.39, 0.29) is 18.4 Å². The maximum absolute atomic E-state index is 12.6. The molecule has 0 bridgehead atoms. The lowest BCUT2D eigenvalue weighted by molar-refractivity contribution is 0.0490. The van der Waals surface area contributed by atoms with Crippen molar-refractivity contribution in [3.63, 3.8) is 0 Å². The fourth-order valence-electron chi connectivity index (χ4n) is 3.08. The standard InChI is InChI=1S/C18H19NO3/c1-11(2)7-14(10-20)19-17(21)15-8-12-5-3-4-6-13(12)9-16(15)18(19)22/h3-6,8-9,11,14,20H,7,10H2,1-2H3/t14-/m1/s1. The first-order valence-electron chi connectivity index (χ1n) is 7.54. The molecule has 1 heterocycles. The fourth-order valence-corrected chi connectivity index (χ4v) is 3.08. The number of fused-ring (bicyclic) bond motifs is 2. The summed E-state index contributed by atoms with van der Waals surface area (Å²) in [7, 11) is 0. The molecule has 0 spiro atoms. The number of aliphatic hydroxyl groups is 1. The quantitative estimate of drug-likeness (QED) is 0.883. The molecule has 1 N–H and O–H groups in total. The molecular formula is C18H19NO3. The average Bonchev–Trinajstić information content (AvgIpc) is 2.74. The van der Waals surface area contributed by atoms with Crippen molar-refractivity contribution in [3.8, 4) is 0 Å². The van der Waals surface area contributed by atoms with Crippen LogP contribution < -0.4 is 0 Å². The highest BCUT2D eigenvalue weighted by atomic mass is 16.3. The first-order valence-corrected chi connectivity index (χ1v) is 7.54. The number of amides is 2. The molecule has 0 aliphatic carbocycles. The number of hydrogen-bond donors (Lipinski definition) is 1. The number of hydrogen-bond acceptors (Lipinski definition) is 3. The molecule has 3 rings (SSSR count). The summed E-state index contributed by atoms with van der Waals surface area (Å²) in [5.41, 5.74) is 0.872. The van der Waals surface area contributed by atoms with Gasteiger partial charge in [-0.15, -0.1) is 0 Å².